The zero-order valence-electron chi connectivity index (χ0n) is 3.92. The van der Waals surface area contributed by atoms with Crippen LogP contribution >= 0.6 is 12.6 Å². The van der Waals surface area contributed by atoms with Gasteiger partial charge in [-0.15, -0.1) is 12.6 Å². The summed E-state index contributed by atoms with van der Waals surface area (Å²) in [5.74, 6) is 0.301. The molecular formula is C4H3N3S. The molecule has 0 atom stereocenters. The Morgan fingerprint density at radius 1 is 1.88 bits per heavy atom. The molecule has 1 rings (SSSR count). The standard InChI is InChI=1S/C4H3N3S/c5-1-3-6-2-4(8)7-3/h2,8H,(H,6,7). The molecule has 0 saturated carbocycles. The number of nitriles is 1. The molecule has 3 nitrogen and oxygen atoms in total. The molecule has 0 fully saturated rings. The summed E-state index contributed by atoms with van der Waals surface area (Å²) < 4.78 is 0. The van der Waals surface area contributed by atoms with Crippen molar-refractivity contribution in [3.8, 4) is 6.07 Å². The number of hydrogen-bond donors (Lipinski definition) is 2. The molecule has 0 bridgehead atoms. The summed E-state index contributed by atoms with van der Waals surface area (Å²) in [6, 6.07) is 1.83. The van der Waals surface area contributed by atoms with Crippen LogP contribution in [0.15, 0.2) is 11.2 Å². The highest BCUT2D eigenvalue weighted by Crippen LogP contribution is 1.98. The van der Waals surface area contributed by atoms with Gasteiger partial charge in [0, 0.05) is 0 Å². The van der Waals surface area contributed by atoms with Crippen LogP contribution < -0.4 is 0 Å². The van der Waals surface area contributed by atoms with E-state index in [9.17, 15) is 0 Å². The highest BCUT2D eigenvalue weighted by atomic mass is 32.1. The zero-order chi connectivity index (χ0) is 5.98. The molecule has 0 aliphatic rings. The van der Waals surface area contributed by atoms with E-state index in [2.05, 4.69) is 22.6 Å². The summed E-state index contributed by atoms with van der Waals surface area (Å²) in [5, 5.41) is 8.79. The van der Waals surface area contributed by atoms with Crippen molar-refractivity contribution in [2.24, 2.45) is 0 Å². The Bertz CT molecular complexity index is 221. The predicted octanol–water partition coefficient (Wildman–Crippen LogP) is 0.570. The van der Waals surface area contributed by atoms with Crippen LogP contribution in [0.1, 0.15) is 5.82 Å². The molecule has 0 spiro atoms. The van der Waals surface area contributed by atoms with E-state index in [0.717, 1.165) is 0 Å². The fourth-order valence-corrected chi connectivity index (χ4v) is 0.532. The van der Waals surface area contributed by atoms with E-state index in [1.54, 1.807) is 0 Å². The predicted molar refractivity (Wildman–Crippen MR) is 30.6 cm³/mol. The molecule has 4 heteroatoms. The Kier molecular flexibility index (Phi) is 1.22. The van der Waals surface area contributed by atoms with Crippen LogP contribution in [0.5, 0.6) is 0 Å². The number of aromatic nitrogens is 2. The van der Waals surface area contributed by atoms with E-state index in [4.69, 9.17) is 5.26 Å². The molecule has 0 saturated heterocycles. The highest BCUT2D eigenvalue weighted by Gasteiger charge is 1.90. The summed E-state index contributed by atoms with van der Waals surface area (Å²) in [6.45, 7) is 0. The quantitative estimate of drug-likeness (QED) is 0.498. The first-order valence-corrected chi connectivity index (χ1v) is 2.41. The van der Waals surface area contributed by atoms with Crippen molar-refractivity contribution in [2.75, 3.05) is 0 Å². The lowest BCUT2D eigenvalue weighted by molar-refractivity contribution is 1.16. The van der Waals surface area contributed by atoms with Crippen molar-refractivity contribution in [1.29, 1.82) is 5.26 Å². The molecule has 0 radical (unpaired) electrons. The van der Waals surface area contributed by atoms with E-state index >= 15 is 0 Å². The molecule has 8 heavy (non-hydrogen) atoms. The lowest BCUT2D eigenvalue weighted by atomic mass is 10.7. The van der Waals surface area contributed by atoms with Gasteiger partial charge in [-0.05, 0) is 0 Å². The van der Waals surface area contributed by atoms with Crippen molar-refractivity contribution in [3.63, 3.8) is 0 Å². The second-order valence-corrected chi connectivity index (χ2v) is 1.71. The number of H-pyrrole nitrogens is 1. The van der Waals surface area contributed by atoms with Crippen LogP contribution in [-0.2, 0) is 0 Å². The highest BCUT2D eigenvalue weighted by molar-refractivity contribution is 7.80. The minimum absolute atomic E-state index is 0.301. The summed E-state index contributed by atoms with van der Waals surface area (Å²) in [7, 11) is 0. The zero-order valence-corrected chi connectivity index (χ0v) is 4.81. The van der Waals surface area contributed by atoms with Crippen LogP contribution in [0, 0.1) is 11.3 Å². The van der Waals surface area contributed by atoms with Gasteiger partial charge in [-0.3, -0.25) is 0 Å². The average molecular weight is 125 g/mol. The fraction of sp³-hybridized carbons (Fsp3) is 0. The van der Waals surface area contributed by atoms with E-state index in [1.807, 2.05) is 6.07 Å². The van der Waals surface area contributed by atoms with Gasteiger partial charge in [-0.1, -0.05) is 0 Å². The number of thiol groups is 1. The van der Waals surface area contributed by atoms with E-state index in [0.29, 0.717) is 10.9 Å². The van der Waals surface area contributed by atoms with Crippen molar-refractivity contribution >= 4 is 12.6 Å². The van der Waals surface area contributed by atoms with Crippen molar-refractivity contribution in [2.45, 2.75) is 5.03 Å². The number of imidazole rings is 1. The fourth-order valence-electron chi connectivity index (χ4n) is 0.368. The van der Waals surface area contributed by atoms with E-state index in [-0.39, 0.29) is 0 Å². The SMILES string of the molecule is N#Cc1ncc(S)[nH]1. The van der Waals surface area contributed by atoms with Crippen LogP contribution in [0.2, 0.25) is 0 Å². The molecule has 0 amide bonds. The molecule has 1 aromatic heterocycles. The molecule has 0 aliphatic carbocycles. The number of hydrogen-bond acceptors (Lipinski definition) is 3. The number of nitrogens with zero attached hydrogens (tertiary/aromatic N) is 2. The van der Waals surface area contributed by atoms with Gasteiger partial charge in [0.25, 0.3) is 0 Å². The lowest BCUT2D eigenvalue weighted by Crippen LogP contribution is -1.72. The van der Waals surface area contributed by atoms with Crippen LogP contribution in [0.4, 0.5) is 0 Å². The van der Waals surface area contributed by atoms with Gasteiger partial charge in [0.1, 0.15) is 6.07 Å². The Labute approximate surface area is 51.8 Å². The molecule has 0 unspecified atom stereocenters. The summed E-state index contributed by atoms with van der Waals surface area (Å²) in [5.41, 5.74) is 0. The molecule has 1 aromatic rings. The molecule has 0 aromatic carbocycles. The van der Waals surface area contributed by atoms with Gasteiger partial charge in [-0.25, -0.2) is 4.98 Å². The minimum Gasteiger partial charge on any atom is -0.325 e. The largest absolute Gasteiger partial charge is 0.325 e. The first-order chi connectivity index (χ1) is 3.83. The summed E-state index contributed by atoms with van der Waals surface area (Å²) in [4.78, 5) is 6.26. The second kappa shape index (κ2) is 1.88. The molecule has 1 heterocycles. The Hall–Kier alpha value is -0.950. The molecule has 1 N–H and O–H groups in total. The van der Waals surface area contributed by atoms with Gasteiger partial charge >= 0.3 is 0 Å². The van der Waals surface area contributed by atoms with Crippen molar-refractivity contribution in [1.82, 2.24) is 9.97 Å². The van der Waals surface area contributed by atoms with Gasteiger partial charge in [-0.2, -0.15) is 5.26 Å². The maximum Gasteiger partial charge on any atom is 0.210 e. The number of aromatic amines is 1. The topological polar surface area (TPSA) is 52.5 Å². The molecule has 0 aliphatic heterocycles. The Morgan fingerprint density at radius 3 is 2.88 bits per heavy atom. The van der Waals surface area contributed by atoms with Crippen LogP contribution in [0.25, 0.3) is 0 Å². The average Bonchev–Trinajstić information content (AvgIpc) is 2.14. The third kappa shape index (κ3) is 0.820. The maximum atomic E-state index is 8.17. The maximum absolute atomic E-state index is 8.17. The Morgan fingerprint density at radius 2 is 2.62 bits per heavy atom. The third-order valence-electron chi connectivity index (χ3n) is 0.668. The minimum atomic E-state index is 0.301. The van der Waals surface area contributed by atoms with Gasteiger partial charge in [0.2, 0.25) is 5.82 Å². The normalized spacial score (nSPS) is 8.50. The monoisotopic (exact) mass is 125 g/mol. The number of nitrogens with one attached hydrogen (secondary N) is 1. The van der Waals surface area contributed by atoms with Crippen molar-refractivity contribution in [3.05, 3.63) is 12.0 Å². The first-order valence-electron chi connectivity index (χ1n) is 1.97. The van der Waals surface area contributed by atoms with E-state index < -0.39 is 0 Å². The molecular weight excluding hydrogens is 122 g/mol. The second-order valence-electron chi connectivity index (χ2n) is 1.23. The summed E-state index contributed by atoms with van der Waals surface area (Å²) in [6.07, 6.45) is 1.49. The van der Waals surface area contributed by atoms with Gasteiger partial charge in [0.05, 0.1) is 11.2 Å². The molecule has 40 valence electrons. The van der Waals surface area contributed by atoms with Crippen LogP contribution in [0.3, 0.4) is 0 Å². The number of rotatable bonds is 0. The smallest absolute Gasteiger partial charge is 0.210 e. The van der Waals surface area contributed by atoms with Gasteiger partial charge in [0.15, 0.2) is 0 Å². The van der Waals surface area contributed by atoms with Gasteiger partial charge < -0.3 is 4.98 Å². The first kappa shape index (κ1) is 5.19. The van der Waals surface area contributed by atoms with E-state index in [1.165, 1.54) is 6.20 Å². The van der Waals surface area contributed by atoms with Crippen molar-refractivity contribution < 1.29 is 0 Å². The van der Waals surface area contributed by atoms with Crippen LogP contribution in [-0.4, -0.2) is 9.97 Å². The third-order valence-corrected chi connectivity index (χ3v) is 0.896. The lowest BCUT2D eigenvalue weighted by Gasteiger charge is -1.71. The summed E-state index contributed by atoms with van der Waals surface area (Å²) >= 11 is 3.89. The Balaban J connectivity index is 3.05.